The minimum atomic E-state index is -0.323. The van der Waals surface area contributed by atoms with Crippen molar-refractivity contribution in [3.05, 3.63) is 100 Å². The van der Waals surface area contributed by atoms with Crippen LogP contribution in [0.2, 0.25) is 10.0 Å². The summed E-state index contributed by atoms with van der Waals surface area (Å²) in [5.74, 6) is 1.16. The van der Waals surface area contributed by atoms with Crippen molar-refractivity contribution >= 4 is 57.8 Å². The molecule has 1 aliphatic rings. The summed E-state index contributed by atoms with van der Waals surface area (Å²) in [6.45, 7) is 1.47. The van der Waals surface area contributed by atoms with Gasteiger partial charge in [0.15, 0.2) is 5.11 Å². The van der Waals surface area contributed by atoms with Crippen molar-refractivity contribution in [3.63, 3.8) is 0 Å². The molecular weight excluding hydrogens is 503 g/mol. The maximum absolute atomic E-state index is 11.4. The summed E-state index contributed by atoms with van der Waals surface area (Å²) in [4.78, 5) is 18.0. The average Bonchev–Trinajstić information content (AvgIpc) is 3.46. The van der Waals surface area contributed by atoms with Crippen LogP contribution >= 0.6 is 35.4 Å². The summed E-state index contributed by atoms with van der Waals surface area (Å²) >= 11 is 18.4. The standard InChI is InChI=1S/C26H20Cl2N4O2S/c1-15(33)30-16-8-10-17(11-9-16)32-25(24(31-26(32)35)20-7-2-3-14-29-20)22-13-12-21(34-22)18-5-4-6-19(27)23(18)28/h2-14,24-25H,1H3,(H,30,33)(H,31,35)/t24-,25-/m0/s1. The van der Waals surface area contributed by atoms with Gasteiger partial charge in [0.2, 0.25) is 5.91 Å². The van der Waals surface area contributed by atoms with E-state index in [1.54, 1.807) is 12.3 Å². The lowest BCUT2D eigenvalue weighted by molar-refractivity contribution is -0.114. The molecular formula is C26H20Cl2N4O2S. The van der Waals surface area contributed by atoms with E-state index in [4.69, 9.17) is 39.8 Å². The monoisotopic (exact) mass is 522 g/mol. The molecule has 5 rings (SSSR count). The van der Waals surface area contributed by atoms with Gasteiger partial charge in [-0.2, -0.15) is 0 Å². The highest BCUT2D eigenvalue weighted by Crippen LogP contribution is 2.44. The number of nitrogens with zero attached hydrogens (tertiary/aromatic N) is 2. The van der Waals surface area contributed by atoms with Gasteiger partial charge >= 0.3 is 0 Å². The lowest BCUT2D eigenvalue weighted by Crippen LogP contribution is -2.29. The Kier molecular flexibility index (Phi) is 6.47. The number of thiocarbonyl (C=S) groups is 1. The molecule has 2 N–H and O–H groups in total. The smallest absolute Gasteiger partial charge is 0.221 e. The fraction of sp³-hybridized carbons (Fsp3) is 0.115. The van der Waals surface area contributed by atoms with Gasteiger partial charge in [-0.05, 0) is 72.9 Å². The molecule has 0 saturated carbocycles. The highest BCUT2D eigenvalue weighted by Gasteiger charge is 2.42. The average molecular weight is 523 g/mol. The first-order chi connectivity index (χ1) is 16.9. The Morgan fingerprint density at radius 1 is 1.06 bits per heavy atom. The van der Waals surface area contributed by atoms with Crippen LogP contribution in [-0.2, 0) is 4.79 Å². The van der Waals surface area contributed by atoms with Crippen LogP contribution in [0.15, 0.2) is 83.4 Å². The first-order valence-corrected chi connectivity index (χ1v) is 12.0. The van der Waals surface area contributed by atoms with Gasteiger partial charge in [0, 0.05) is 30.1 Å². The Balaban J connectivity index is 1.57. The Morgan fingerprint density at radius 3 is 2.57 bits per heavy atom. The summed E-state index contributed by atoms with van der Waals surface area (Å²) < 4.78 is 6.35. The van der Waals surface area contributed by atoms with Gasteiger partial charge < -0.3 is 20.0 Å². The molecule has 2 aromatic carbocycles. The van der Waals surface area contributed by atoms with E-state index in [1.807, 2.05) is 71.6 Å². The topological polar surface area (TPSA) is 70.4 Å². The normalized spacial score (nSPS) is 17.3. The molecule has 2 atom stereocenters. The highest BCUT2D eigenvalue weighted by molar-refractivity contribution is 7.80. The van der Waals surface area contributed by atoms with E-state index in [9.17, 15) is 4.79 Å². The van der Waals surface area contributed by atoms with Crippen molar-refractivity contribution in [3.8, 4) is 11.3 Å². The number of hydrogen-bond donors (Lipinski definition) is 2. The van der Waals surface area contributed by atoms with Crippen molar-refractivity contribution < 1.29 is 9.21 Å². The molecule has 3 heterocycles. The molecule has 1 fully saturated rings. The van der Waals surface area contributed by atoms with Crippen LogP contribution in [0, 0.1) is 0 Å². The van der Waals surface area contributed by atoms with Crippen LogP contribution in [0.25, 0.3) is 11.3 Å². The number of anilines is 2. The maximum Gasteiger partial charge on any atom is 0.221 e. The van der Waals surface area contributed by atoms with Crippen molar-refractivity contribution in [1.29, 1.82) is 0 Å². The quantitative estimate of drug-likeness (QED) is 0.281. The molecule has 0 radical (unpaired) electrons. The minimum absolute atomic E-state index is 0.132. The van der Waals surface area contributed by atoms with Crippen LogP contribution in [0.3, 0.4) is 0 Å². The molecule has 0 aliphatic carbocycles. The Hall–Kier alpha value is -3.39. The van der Waals surface area contributed by atoms with Crippen LogP contribution in [0.5, 0.6) is 0 Å². The first-order valence-electron chi connectivity index (χ1n) is 10.8. The number of benzene rings is 2. The van der Waals surface area contributed by atoms with E-state index < -0.39 is 0 Å². The SMILES string of the molecule is CC(=O)Nc1ccc(N2C(=S)N[C@@H](c3ccccn3)[C@@H]2c2ccc(-c3cccc(Cl)c3Cl)o2)cc1. The molecule has 0 unspecified atom stereocenters. The second kappa shape index (κ2) is 9.70. The number of aromatic nitrogens is 1. The van der Waals surface area contributed by atoms with Gasteiger partial charge in [0.1, 0.15) is 17.6 Å². The highest BCUT2D eigenvalue weighted by atomic mass is 35.5. The van der Waals surface area contributed by atoms with Gasteiger partial charge in [-0.3, -0.25) is 9.78 Å². The lowest BCUT2D eigenvalue weighted by atomic mass is 10.0. The molecule has 9 heteroatoms. The van der Waals surface area contributed by atoms with Crippen LogP contribution < -0.4 is 15.5 Å². The zero-order chi connectivity index (χ0) is 24.5. The minimum Gasteiger partial charge on any atom is -0.459 e. The number of amides is 1. The number of carbonyl (C=O) groups excluding carboxylic acids is 1. The van der Waals surface area contributed by atoms with Crippen molar-refractivity contribution in [2.24, 2.45) is 0 Å². The number of halogens is 2. The molecule has 0 spiro atoms. The van der Waals surface area contributed by atoms with Crippen LogP contribution in [0.4, 0.5) is 11.4 Å². The lowest BCUT2D eigenvalue weighted by Gasteiger charge is -2.26. The number of nitrogens with one attached hydrogen (secondary N) is 2. The fourth-order valence-electron chi connectivity index (χ4n) is 4.18. The van der Waals surface area contributed by atoms with Crippen LogP contribution in [0.1, 0.15) is 30.5 Å². The predicted molar refractivity (Wildman–Crippen MR) is 143 cm³/mol. The zero-order valence-electron chi connectivity index (χ0n) is 18.5. The second-order valence-corrected chi connectivity index (χ2v) is 9.20. The van der Waals surface area contributed by atoms with E-state index in [0.29, 0.717) is 37.9 Å². The largest absolute Gasteiger partial charge is 0.459 e. The van der Waals surface area contributed by atoms with E-state index in [0.717, 1.165) is 11.4 Å². The third kappa shape index (κ3) is 4.62. The van der Waals surface area contributed by atoms with Gasteiger partial charge in [-0.1, -0.05) is 35.3 Å². The van der Waals surface area contributed by atoms with Gasteiger partial charge in [-0.25, -0.2) is 0 Å². The van der Waals surface area contributed by atoms with Crippen molar-refractivity contribution in [1.82, 2.24) is 10.3 Å². The Morgan fingerprint density at radius 2 is 1.86 bits per heavy atom. The molecule has 6 nitrogen and oxygen atoms in total. The second-order valence-electron chi connectivity index (χ2n) is 8.03. The Labute approximate surface area is 217 Å². The summed E-state index contributed by atoms with van der Waals surface area (Å²) in [5, 5.41) is 7.61. The Bertz CT molecular complexity index is 1390. The number of pyridine rings is 1. The number of furan rings is 1. The zero-order valence-corrected chi connectivity index (χ0v) is 20.9. The first kappa shape index (κ1) is 23.4. The third-order valence-corrected chi connectivity index (χ3v) is 6.83. The van der Waals surface area contributed by atoms with Gasteiger partial charge in [0.25, 0.3) is 0 Å². The van der Waals surface area contributed by atoms with E-state index >= 15 is 0 Å². The number of hydrogen-bond acceptors (Lipinski definition) is 4. The van der Waals surface area contributed by atoms with E-state index in [2.05, 4.69) is 15.6 Å². The summed E-state index contributed by atoms with van der Waals surface area (Å²) in [6, 6.07) is 21.9. The van der Waals surface area contributed by atoms with E-state index in [-0.39, 0.29) is 18.0 Å². The van der Waals surface area contributed by atoms with Crippen molar-refractivity contribution in [2.45, 2.75) is 19.0 Å². The third-order valence-electron chi connectivity index (χ3n) is 5.70. The van der Waals surface area contributed by atoms with Crippen LogP contribution in [-0.4, -0.2) is 16.0 Å². The molecule has 176 valence electrons. The van der Waals surface area contributed by atoms with Crippen molar-refractivity contribution in [2.75, 3.05) is 10.2 Å². The molecule has 1 amide bonds. The maximum atomic E-state index is 11.4. The van der Waals surface area contributed by atoms with Gasteiger partial charge in [-0.15, -0.1) is 0 Å². The summed E-state index contributed by atoms with van der Waals surface area (Å²) in [6.07, 6.45) is 1.75. The molecule has 4 aromatic rings. The summed E-state index contributed by atoms with van der Waals surface area (Å²) in [5.41, 5.74) is 3.09. The molecule has 35 heavy (non-hydrogen) atoms. The fourth-order valence-corrected chi connectivity index (χ4v) is 4.92. The predicted octanol–water partition coefficient (Wildman–Crippen LogP) is 6.78. The molecule has 1 saturated heterocycles. The molecule has 2 aromatic heterocycles. The molecule has 1 aliphatic heterocycles. The summed E-state index contributed by atoms with van der Waals surface area (Å²) in [7, 11) is 0. The number of rotatable bonds is 5. The molecule has 0 bridgehead atoms. The van der Waals surface area contributed by atoms with E-state index in [1.165, 1.54) is 6.92 Å². The number of carbonyl (C=O) groups is 1. The van der Waals surface area contributed by atoms with Gasteiger partial charge in [0.05, 0.1) is 21.8 Å².